The molecule has 0 aliphatic rings. The normalized spacial score (nSPS) is 8.27. The van der Waals surface area contributed by atoms with Crippen LogP contribution in [0, 0.1) is 0 Å². The van der Waals surface area contributed by atoms with Crippen LogP contribution in [-0.4, -0.2) is 10.1 Å². The van der Waals surface area contributed by atoms with E-state index in [1.807, 2.05) is 13.8 Å². The van der Waals surface area contributed by atoms with Gasteiger partial charge in [0.2, 0.25) is 5.56 Å². The number of aromatic amines is 1. The number of aliphatic hydroxyl groups excluding tert-OH is 1. The SMILES string of the molecule is CC.O=c1ccc(CO)c[nH]1. The number of hydrogen-bond acceptors (Lipinski definition) is 2. The minimum absolute atomic E-state index is 0.0310. The molecule has 0 aliphatic carbocycles. The van der Waals surface area contributed by atoms with E-state index in [2.05, 4.69) is 4.98 Å². The van der Waals surface area contributed by atoms with Gasteiger partial charge in [0.25, 0.3) is 0 Å². The minimum Gasteiger partial charge on any atom is -0.392 e. The van der Waals surface area contributed by atoms with Gasteiger partial charge in [-0.05, 0) is 11.6 Å². The van der Waals surface area contributed by atoms with Crippen LogP contribution in [0.15, 0.2) is 23.1 Å². The fourth-order valence-corrected chi connectivity index (χ4v) is 0.541. The summed E-state index contributed by atoms with van der Waals surface area (Å²) in [7, 11) is 0. The molecule has 2 N–H and O–H groups in total. The predicted octanol–water partition coefficient (Wildman–Crippen LogP) is 0.893. The Morgan fingerprint density at radius 3 is 2.45 bits per heavy atom. The fraction of sp³-hybridized carbons (Fsp3) is 0.375. The third-order valence-electron chi connectivity index (χ3n) is 1.03. The summed E-state index contributed by atoms with van der Waals surface area (Å²) in [5.41, 5.74) is 0.571. The van der Waals surface area contributed by atoms with Gasteiger partial charge in [-0.2, -0.15) is 0 Å². The summed E-state index contributed by atoms with van der Waals surface area (Å²) in [5, 5.41) is 8.51. The number of H-pyrrole nitrogens is 1. The summed E-state index contributed by atoms with van der Waals surface area (Å²) in [6, 6.07) is 2.96. The molecule has 0 aliphatic heterocycles. The Morgan fingerprint density at radius 1 is 1.45 bits per heavy atom. The van der Waals surface area contributed by atoms with E-state index in [4.69, 9.17) is 5.11 Å². The van der Waals surface area contributed by atoms with Crippen LogP contribution < -0.4 is 5.56 Å². The van der Waals surface area contributed by atoms with Crippen LogP contribution in [0.5, 0.6) is 0 Å². The first-order valence-electron chi connectivity index (χ1n) is 3.61. The van der Waals surface area contributed by atoms with Gasteiger partial charge in [0.15, 0.2) is 0 Å². The van der Waals surface area contributed by atoms with Crippen LogP contribution in [0.4, 0.5) is 0 Å². The molecule has 0 saturated heterocycles. The molecule has 1 aromatic heterocycles. The number of hydrogen-bond donors (Lipinski definition) is 2. The summed E-state index contributed by atoms with van der Waals surface area (Å²) in [6.45, 7) is 3.97. The largest absolute Gasteiger partial charge is 0.392 e. The monoisotopic (exact) mass is 155 g/mol. The molecule has 0 atom stereocenters. The van der Waals surface area contributed by atoms with Crippen LogP contribution in [0.2, 0.25) is 0 Å². The van der Waals surface area contributed by atoms with Gasteiger partial charge in [0.1, 0.15) is 0 Å². The number of aromatic nitrogens is 1. The van der Waals surface area contributed by atoms with Crippen molar-refractivity contribution in [1.82, 2.24) is 4.98 Å². The Balaban J connectivity index is 0.000000461. The molecule has 0 fully saturated rings. The average molecular weight is 155 g/mol. The number of aliphatic hydroxyl groups is 1. The highest BCUT2D eigenvalue weighted by molar-refractivity contribution is 5.06. The van der Waals surface area contributed by atoms with Crippen LogP contribution in [0.3, 0.4) is 0 Å². The second-order valence-electron chi connectivity index (χ2n) is 1.72. The van der Waals surface area contributed by atoms with Crippen molar-refractivity contribution in [2.75, 3.05) is 0 Å². The molecule has 0 unspecified atom stereocenters. The molecule has 11 heavy (non-hydrogen) atoms. The van der Waals surface area contributed by atoms with E-state index in [1.165, 1.54) is 12.3 Å². The van der Waals surface area contributed by atoms with Crippen molar-refractivity contribution in [1.29, 1.82) is 0 Å². The Morgan fingerprint density at radius 2 is 2.09 bits per heavy atom. The van der Waals surface area contributed by atoms with Crippen molar-refractivity contribution in [2.24, 2.45) is 0 Å². The minimum atomic E-state index is -0.146. The number of pyridine rings is 1. The van der Waals surface area contributed by atoms with Crippen LogP contribution in [-0.2, 0) is 6.61 Å². The van der Waals surface area contributed by atoms with Crippen molar-refractivity contribution in [3.8, 4) is 0 Å². The standard InChI is InChI=1S/C6H7NO2.C2H6/c8-4-5-1-2-6(9)7-3-5;1-2/h1-3,8H,4H2,(H,7,9);1-2H3. The third kappa shape index (κ3) is 3.57. The third-order valence-corrected chi connectivity index (χ3v) is 1.03. The van der Waals surface area contributed by atoms with Gasteiger partial charge in [0.05, 0.1) is 6.61 Å². The summed E-state index contributed by atoms with van der Waals surface area (Å²) < 4.78 is 0. The van der Waals surface area contributed by atoms with E-state index >= 15 is 0 Å². The molecule has 3 nitrogen and oxygen atoms in total. The lowest BCUT2D eigenvalue weighted by Crippen LogP contribution is -2.02. The number of nitrogens with one attached hydrogen (secondary N) is 1. The summed E-state index contributed by atoms with van der Waals surface area (Å²) >= 11 is 0. The van der Waals surface area contributed by atoms with Gasteiger partial charge in [-0.15, -0.1) is 0 Å². The molecule has 0 spiro atoms. The average Bonchev–Trinajstić information content (AvgIpc) is 2.10. The predicted molar refractivity (Wildman–Crippen MR) is 44.3 cm³/mol. The first kappa shape index (κ1) is 9.91. The molecule has 0 radical (unpaired) electrons. The maximum absolute atomic E-state index is 10.4. The van der Waals surface area contributed by atoms with Gasteiger partial charge in [-0.25, -0.2) is 0 Å². The van der Waals surface area contributed by atoms with Gasteiger partial charge < -0.3 is 10.1 Å². The maximum atomic E-state index is 10.4. The zero-order valence-corrected chi connectivity index (χ0v) is 6.79. The highest BCUT2D eigenvalue weighted by atomic mass is 16.3. The Kier molecular flexibility index (Phi) is 5.11. The first-order valence-corrected chi connectivity index (χ1v) is 3.61. The van der Waals surface area contributed by atoms with E-state index in [1.54, 1.807) is 6.07 Å². The number of rotatable bonds is 1. The summed E-state index contributed by atoms with van der Waals surface area (Å²) in [6.07, 6.45) is 1.49. The van der Waals surface area contributed by atoms with E-state index in [0.29, 0.717) is 0 Å². The Labute approximate surface area is 65.7 Å². The Hall–Kier alpha value is -1.09. The van der Waals surface area contributed by atoms with Crippen LogP contribution in [0.25, 0.3) is 0 Å². The highest BCUT2D eigenvalue weighted by Crippen LogP contribution is 1.89. The molecule has 1 rings (SSSR count). The lowest BCUT2D eigenvalue weighted by Gasteiger charge is -1.89. The van der Waals surface area contributed by atoms with Crippen LogP contribution in [0.1, 0.15) is 19.4 Å². The van der Waals surface area contributed by atoms with E-state index in [0.717, 1.165) is 5.56 Å². The zero-order chi connectivity index (χ0) is 8.69. The van der Waals surface area contributed by atoms with Gasteiger partial charge in [0, 0.05) is 12.3 Å². The molecule has 62 valence electrons. The topological polar surface area (TPSA) is 53.1 Å². The van der Waals surface area contributed by atoms with Crippen molar-refractivity contribution in [2.45, 2.75) is 20.5 Å². The molecule has 0 amide bonds. The molecule has 0 saturated carbocycles. The van der Waals surface area contributed by atoms with Crippen LogP contribution >= 0.6 is 0 Å². The van der Waals surface area contributed by atoms with E-state index in [-0.39, 0.29) is 12.2 Å². The lowest BCUT2D eigenvalue weighted by molar-refractivity contribution is 0.281. The molecular formula is C8H13NO2. The fourth-order valence-electron chi connectivity index (χ4n) is 0.541. The molecule has 0 bridgehead atoms. The Bertz CT molecular complexity index is 222. The van der Waals surface area contributed by atoms with E-state index < -0.39 is 0 Å². The van der Waals surface area contributed by atoms with E-state index in [9.17, 15) is 4.79 Å². The zero-order valence-electron chi connectivity index (χ0n) is 6.79. The van der Waals surface area contributed by atoms with Gasteiger partial charge in [-0.1, -0.05) is 13.8 Å². The molecule has 1 heterocycles. The molecule has 0 aromatic carbocycles. The molecule has 1 aromatic rings. The van der Waals surface area contributed by atoms with Crippen molar-refractivity contribution < 1.29 is 5.11 Å². The van der Waals surface area contributed by atoms with Crippen molar-refractivity contribution in [3.63, 3.8) is 0 Å². The second kappa shape index (κ2) is 5.68. The van der Waals surface area contributed by atoms with Crippen molar-refractivity contribution in [3.05, 3.63) is 34.2 Å². The first-order chi connectivity index (χ1) is 5.33. The maximum Gasteiger partial charge on any atom is 0.247 e. The molecular weight excluding hydrogens is 142 g/mol. The lowest BCUT2D eigenvalue weighted by atomic mass is 10.3. The van der Waals surface area contributed by atoms with Gasteiger partial charge in [-0.3, -0.25) is 4.79 Å². The summed E-state index contributed by atoms with van der Waals surface area (Å²) in [5.74, 6) is 0. The highest BCUT2D eigenvalue weighted by Gasteiger charge is 1.85. The molecule has 3 heteroatoms. The quantitative estimate of drug-likeness (QED) is 0.633. The second-order valence-corrected chi connectivity index (χ2v) is 1.72. The van der Waals surface area contributed by atoms with Gasteiger partial charge >= 0.3 is 0 Å². The smallest absolute Gasteiger partial charge is 0.247 e. The summed E-state index contributed by atoms with van der Waals surface area (Å²) in [4.78, 5) is 12.8. The van der Waals surface area contributed by atoms with Crippen molar-refractivity contribution >= 4 is 0 Å².